The molecule has 0 radical (unpaired) electrons. The van der Waals surface area contributed by atoms with Crippen LogP contribution in [0.2, 0.25) is 5.02 Å². The minimum atomic E-state index is -0.450. The van der Waals surface area contributed by atoms with Crippen LogP contribution in [0.5, 0.6) is 0 Å². The Kier molecular flexibility index (Phi) is 4.88. The first-order valence-electron chi connectivity index (χ1n) is 9.82. The summed E-state index contributed by atoms with van der Waals surface area (Å²) in [7, 11) is 0. The summed E-state index contributed by atoms with van der Waals surface area (Å²) in [5.74, 6) is -0.349. The number of pyridine rings is 2. The predicted octanol–water partition coefficient (Wildman–Crippen LogP) is 4.81. The first-order valence-corrected chi connectivity index (χ1v) is 10.2. The van der Waals surface area contributed by atoms with E-state index in [-0.39, 0.29) is 11.6 Å². The molecule has 0 saturated carbocycles. The summed E-state index contributed by atoms with van der Waals surface area (Å²) < 4.78 is 0. The van der Waals surface area contributed by atoms with E-state index in [2.05, 4.69) is 15.3 Å². The van der Waals surface area contributed by atoms with Gasteiger partial charge in [-0.1, -0.05) is 48.0 Å². The van der Waals surface area contributed by atoms with Crippen molar-refractivity contribution in [1.82, 2.24) is 19.9 Å². The number of H-pyrrole nitrogens is 1. The number of hydrogen-bond donors (Lipinski definition) is 2. The highest BCUT2D eigenvalue weighted by molar-refractivity contribution is 6.35. The van der Waals surface area contributed by atoms with Crippen molar-refractivity contribution in [3.05, 3.63) is 82.2 Å². The maximum Gasteiger partial charge on any atom is 0.273 e. The standard InChI is InChI=1S/C24H16ClN5O2/c1-13(31)27-19-12-18-23(30-24(19)32)29-21(14-6-3-2-4-7-14)22(28-18)16-10-15-8-5-9-26-20(15)17(25)11-16/h2-12H,1H3,(H,27,31)(H,29,30,32). The molecule has 0 atom stereocenters. The highest BCUT2D eigenvalue weighted by Crippen LogP contribution is 2.34. The molecule has 0 saturated heterocycles. The number of aromatic amines is 1. The lowest BCUT2D eigenvalue weighted by atomic mass is 10.0. The van der Waals surface area contributed by atoms with Gasteiger partial charge in [0.15, 0.2) is 5.65 Å². The zero-order chi connectivity index (χ0) is 22.2. The molecule has 2 aromatic carbocycles. The molecule has 0 fully saturated rings. The number of hydrogen-bond acceptors (Lipinski definition) is 5. The third-order valence-corrected chi connectivity index (χ3v) is 5.26. The monoisotopic (exact) mass is 441 g/mol. The van der Waals surface area contributed by atoms with Crippen LogP contribution in [0.3, 0.4) is 0 Å². The topological polar surface area (TPSA) is 101 Å². The summed E-state index contributed by atoms with van der Waals surface area (Å²) in [5, 5.41) is 3.90. The van der Waals surface area contributed by atoms with Gasteiger partial charge in [0.2, 0.25) is 5.91 Å². The predicted molar refractivity (Wildman–Crippen MR) is 126 cm³/mol. The van der Waals surface area contributed by atoms with Gasteiger partial charge in [0.05, 0.1) is 21.9 Å². The molecule has 3 heterocycles. The molecule has 1 amide bonds. The van der Waals surface area contributed by atoms with Gasteiger partial charge in [-0.3, -0.25) is 14.6 Å². The number of anilines is 1. The number of carbonyl (C=O) groups is 1. The van der Waals surface area contributed by atoms with Gasteiger partial charge in [-0.15, -0.1) is 0 Å². The molecular weight excluding hydrogens is 426 g/mol. The Morgan fingerprint density at radius 3 is 2.53 bits per heavy atom. The van der Waals surface area contributed by atoms with E-state index < -0.39 is 5.56 Å². The normalized spacial score (nSPS) is 11.1. The second-order valence-corrected chi connectivity index (χ2v) is 7.65. The summed E-state index contributed by atoms with van der Waals surface area (Å²) in [5.41, 5.74) is 3.91. The molecule has 0 aliphatic carbocycles. The molecule has 3 aromatic heterocycles. The summed E-state index contributed by atoms with van der Waals surface area (Å²) in [4.78, 5) is 40.5. The van der Waals surface area contributed by atoms with Crippen LogP contribution in [0.25, 0.3) is 44.6 Å². The van der Waals surface area contributed by atoms with Crippen LogP contribution in [0, 0.1) is 0 Å². The molecule has 0 bridgehead atoms. The lowest BCUT2D eigenvalue weighted by Gasteiger charge is -2.12. The first kappa shape index (κ1) is 19.8. The quantitative estimate of drug-likeness (QED) is 0.418. The molecule has 156 valence electrons. The van der Waals surface area contributed by atoms with E-state index in [0.29, 0.717) is 33.1 Å². The van der Waals surface area contributed by atoms with Gasteiger partial charge in [0, 0.05) is 29.6 Å². The van der Waals surface area contributed by atoms with Crippen molar-refractivity contribution in [3.63, 3.8) is 0 Å². The summed E-state index contributed by atoms with van der Waals surface area (Å²) in [6.45, 7) is 1.34. The van der Waals surface area contributed by atoms with Crippen molar-refractivity contribution in [2.75, 3.05) is 5.32 Å². The van der Waals surface area contributed by atoms with E-state index in [1.165, 1.54) is 13.0 Å². The number of halogens is 1. The summed E-state index contributed by atoms with van der Waals surface area (Å²) in [6.07, 6.45) is 1.69. The number of carbonyl (C=O) groups excluding carboxylic acids is 1. The van der Waals surface area contributed by atoms with Gasteiger partial charge >= 0.3 is 0 Å². The number of aromatic nitrogens is 4. The van der Waals surface area contributed by atoms with Crippen LogP contribution in [0.4, 0.5) is 5.69 Å². The maximum absolute atomic E-state index is 12.4. The fraction of sp³-hybridized carbons (Fsp3) is 0.0417. The third kappa shape index (κ3) is 3.59. The molecule has 2 N–H and O–H groups in total. The molecule has 32 heavy (non-hydrogen) atoms. The third-order valence-electron chi connectivity index (χ3n) is 4.97. The first-order chi connectivity index (χ1) is 15.5. The van der Waals surface area contributed by atoms with Crippen molar-refractivity contribution < 1.29 is 4.79 Å². The van der Waals surface area contributed by atoms with E-state index in [1.807, 2.05) is 48.5 Å². The minimum absolute atomic E-state index is 0.110. The van der Waals surface area contributed by atoms with Crippen molar-refractivity contribution in [3.8, 4) is 22.5 Å². The fourth-order valence-electron chi connectivity index (χ4n) is 3.58. The van der Waals surface area contributed by atoms with Crippen LogP contribution in [-0.2, 0) is 4.79 Å². The maximum atomic E-state index is 12.4. The van der Waals surface area contributed by atoms with Crippen molar-refractivity contribution in [1.29, 1.82) is 0 Å². The number of nitrogens with one attached hydrogen (secondary N) is 2. The number of nitrogens with zero attached hydrogens (tertiary/aromatic N) is 3. The molecule has 8 heteroatoms. The number of amides is 1. The Morgan fingerprint density at radius 2 is 1.75 bits per heavy atom. The zero-order valence-corrected chi connectivity index (χ0v) is 17.6. The average Bonchev–Trinajstić information content (AvgIpc) is 2.79. The zero-order valence-electron chi connectivity index (χ0n) is 16.9. The molecule has 0 unspecified atom stereocenters. The van der Waals surface area contributed by atoms with Gasteiger partial charge in [-0.25, -0.2) is 9.97 Å². The Bertz CT molecular complexity index is 1560. The van der Waals surface area contributed by atoms with Gasteiger partial charge in [0.25, 0.3) is 5.56 Å². The minimum Gasteiger partial charge on any atom is -0.322 e. The number of rotatable bonds is 3. The van der Waals surface area contributed by atoms with Crippen molar-refractivity contribution >= 4 is 45.3 Å². The van der Waals surface area contributed by atoms with E-state index >= 15 is 0 Å². The molecule has 7 nitrogen and oxygen atoms in total. The highest BCUT2D eigenvalue weighted by atomic mass is 35.5. The van der Waals surface area contributed by atoms with Crippen LogP contribution in [-0.4, -0.2) is 25.8 Å². The Hall–Kier alpha value is -4.10. The van der Waals surface area contributed by atoms with E-state index in [0.717, 1.165) is 16.5 Å². The number of benzene rings is 2. The van der Waals surface area contributed by atoms with Crippen LogP contribution in [0.15, 0.2) is 71.7 Å². The van der Waals surface area contributed by atoms with Gasteiger partial charge in [-0.05, 0) is 24.3 Å². The Morgan fingerprint density at radius 1 is 0.969 bits per heavy atom. The van der Waals surface area contributed by atoms with Crippen LogP contribution < -0.4 is 10.9 Å². The SMILES string of the molecule is CC(=O)Nc1cc2nc(-c3cc(Cl)c4ncccc4c3)c(-c3ccccc3)nc2[nH]c1=O. The average molecular weight is 442 g/mol. The van der Waals surface area contributed by atoms with Crippen molar-refractivity contribution in [2.45, 2.75) is 6.92 Å². The van der Waals surface area contributed by atoms with E-state index in [9.17, 15) is 9.59 Å². The fourth-order valence-corrected chi connectivity index (χ4v) is 3.86. The molecular formula is C24H16ClN5O2. The lowest BCUT2D eigenvalue weighted by molar-refractivity contribution is -0.114. The van der Waals surface area contributed by atoms with Gasteiger partial charge < -0.3 is 10.3 Å². The smallest absolute Gasteiger partial charge is 0.273 e. The highest BCUT2D eigenvalue weighted by Gasteiger charge is 2.17. The van der Waals surface area contributed by atoms with Gasteiger partial charge in [-0.2, -0.15) is 0 Å². The van der Waals surface area contributed by atoms with Gasteiger partial charge in [0.1, 0.15) is 11.2 Å². The summed E-state index contributed by atoms with van der Waals surface area (Å²) in [6, 6.07) is 18.6. The van der Waals surface area contributed by atoms with E-state index in [1.54, 1.807) is 12.3 Å². The number of fused-ring (bicyclic) bond motifs is 2. The Balaban J connectivity index is 1.82. The molecule has 0 aliphatic rings. The summed E-state index contributed by atoms with van der Waals surface area (Å²) >= 11 is 6.53. The molecule has 5 aromatic rings. The lowest BCUT2D eigenvalue weighted by Crippen LogP contribution is -2.18. The molecule has 0 aliphatic heterocycles. The second-order valence-electron chi connectivity index (χ2n) is 7.25. The largest absolute Gasteiger partial charge is 0.322 e. The molecule has 5 rings (SSSR count). The van der Waals surface area contributed by atoms with E-state index in [4.69, 9.17) is 21.6 Å². The Labute approximate surface area is 187 Å². The van der Waals surface area contributed by atoms with Crippen LogP contribution in [0.1, 0.15) is 6.92 Å². The van der Waals surface area contributed by atoms with Crippen LogP contribution >= 0.6 is 11.6 Å². The van der Waals surface area contributed by atoms with Crippen molar-refractivity contribution in [2.24, 2.45) is 0 Å². The second kappa shape index (κ2) is 7.86. The molecule has 0 spiro atoms.